The lowest BCUT2D eigenvalue weighted by atomic mass is 10.0. The van der Waals surface area contributed by atoms with Gasteiger partial charge in [-0.25, -0.2) is 0 Å². The van der Waals surface area contributed by atoms with E-state index in [1.54, 1.807) is 0 Å². The summed E-state index contributed by atoms with van der Waals surface area (Å²) < 4.78 is 0. The van der Waals surface area contributed by atoms with Crippen LogP contribution in [-0.2, 0) is 0 Å². The monoisotopic (exact) mass is 146 g/mol. The molecule has 1 heteroatoms. The van der Waals surface area contributed by atoms with Gasteiger partial charge in [0.15, 0.2) is 0 Å². The molecule has 1 atom stereocenters. The van der Waals surface area contributed by atoms with Crippen molar-refractivity contribution < 1.29 is 0 Å². The number of hydrogen-bond acceptors (Lipinski definition) is 1. The van der Waals surface area contributed by atoms with Gasteiger partial charge in [0.25, 0.3) is 0 Å². The second-order valence-corrected chi connectivity index (χ2v) is 3.63. The Morgan fingerprint density at radius 3 is 2.56 bits per heavy atom. The van der Waals surface area contributed by atoms with Crippen LogP contribution in [0.3, 0.4) is 0 Å². The van der Waals surface area contributed by atoms with Gasteiger partial charge in [0.1, 0.15) is 0 Å². The number of thioether (sulfide) groups is 1. The Morgan fingerprint density at radius 1 is 1.44 bits per heavy atom. The molecule has 0 aromatic rings. The quantitative estimate of drug-likeness (QED) is 0.537. The topological polar surface area (TPSA) is 0 Å². The molecule has 0 aliphatic heterocycles. The molecule has 1 unspecified atom stereocenters. The Kier molecular flexibility index (Phi) is 6.72. The van der Waals surface area contributed by atoms with E-state index in [2.05, 4.69) is 20.1 Å². The maximum absolute atomic E-state index is 2.33. The first-order chi connectivity index (χ1) is 4.31. The van der Waals surface area contributed by atoms with Gasteiger partial charge in [-0.3, -0.25) is 0 Å². The van der Waals surface area contributed by atoms with Crippen molar-refractivity contribution in [1.82, 2.24) is 0 Å². The van der Waals surface area contributed by atoms with Gasteiger partial charge in [0, 0.05) is 0 Å². The van der Waals surface area contributed by atoms with Crippen molar-refractivity contribution in [1.29, 1.82) is 0 Å². The Morgan fingerprint density at radius 2 is 2.11 bits per heavy atom. The maximum Gasteiger partial charge on any atom is -0.00702 e. The summed E-state index contributed by atoms with van der Waals surface area (Å²) in [5.74, 6) is 2.28. The zero-order chi connectivity index (χ0) is 7.11. The summed E-state index contributed by atoms with van der Waals surface area (Å²) in [6.07, 6.45) is 6.33. The van der Waals surface area contributed by atoms with Crippen LogP contribution in [0.2, 0.25) is 0 Å². The molecule has 0 N–H and O–H groups in total. The fourth-order valence-electron chi connectivity index (χ4n) is 0.780. The third kappa shape index (κ3) is 6.23. The Bertz CT molecular complexity index is 52.5. The summed E-state index contributed by atoms with van der Waals surface area (Å²) >= 11 is 1.95. The molecule has 0 spiro atoms. The van der Waals surface area contributed by atoms with Crippen molar-refractivity contribution in [2.45, 2.75) is 33.1 Å². The molecule has 0 aromatic heterocycles. The molecule has 0 bridgehead atoms. The summed E-state index contributed by atoms with van der Waals surface area (Å²) in [5.41, 5.74) is 0. The molecule has 0 aromatic carbocycles. The molecule has 56 valence electrons. The third-order valence-corrected chi connectivity index (χ3v) is 2.44. The van der Waals surface area contributed by atoms with Crippen molar-refractivity contribution in [3.05, 3.63) is 0 Å². The average molecular weight is 146 g/mol. The van der Waals surface area contributed by atoms with E-state index in [4.69, 9.17) is 0 Å². The summed E-state index contributed by atoms with van der Waals surface area (Å²) in [4.78, 5) is 0. The first kappa shape index (κ1) is 9.35. The van der Waals surface area contributed by atoms with E-state index in [1.807, 2.05) is 11.8 Å². The first-order valence-electron chi connectivity index (χ1n) is 3.80. The SMILES string of the molecule is CCC(C)CCCSC. The maximum atomic E-state index is 2.33. The van der Waals surface area contributed by atoms with Gasteiger partial charge in [-0.1, -0.05) is 20.3 Å². The largest absolute Gasteiger partial charge is 0.165 e. The fraction of sp³-hybridized carbons (Fsp3) is 1.00. The summed E-state index contributed by atoms with van der Waals surface area (Å²) in [7, 11) is 0. The van der Waals surface area contributed by atoms with Crippen molar-refractivity contribution in [2.75, 3.05) is 12.0 Å². The van der Waals surface area contributed by atoms with Gasteiger partial charge < -0.3 is 0 Å². The first-order valence-corrected chi connectivity index (χ1v) is 5.19. The predicted octanol–water partition coefficient (Wildman–Crippen LogP) is 3.18. The minimum absolute atomic E-state index is 0.942. The molecule has 0 saturated heterocycles. The van der Waals surface area contributed by atoms with E-state index in [1.165, 1.54) is 25.0 Å². The third-order valence-electron chi connectivity index (χ3n) is 1.74. The minimum Gasteiger partial charge on any atom is -0.165 e. The van der Waals surface area contributed by atoms with E-state index in [-0.39, 0.29) is 0 Å². The van der Waals surface area contributed by atoms with E-state index in [9.17, 15) is 0 Å². The Labute approximate surface area is 63.4 Å². The van der Waals surface area contributed by atoms with Gasteiger partial charge in [0.05, 0.1) is 0 Å². The lowest BCUT2D eigenvalue weighted by Crippen LogP contribution is -1.92. The molecule has 0 amide bonds. The Hall–Kier alpha value is 0.350. The second-order valence-electron chi connectivity index (χ2n) is 2.65. The van der Waals surface area contributed by atoms with Gasteiger partial charge in [-0.15, -0.1) is 0 Å². The van der Waals surface area contributed by atoms with Crippen LogP contribution in [0.25, 0.3) is 0 Å². The van der Waals surface area contributed by atoms with Gasteiger partial charge in [-0.2, -0.15) is 11.8 Å². The lowest BCUT2D eigenvalue weighted by molar-refractivity contribution is 0.511. The Balaban J connectivity index is 2.88. The highest BCUT2D eigenvalue weighted by Gasteiger charge is 1.95. The standard InChI is InChI=1S/C8H18S/c1-4-8(2)6-5-7-9-3/h8H,4-7H2,1-3H3. The molecule has 0 radical (unpaired) electrons. The fourth-order valence-corrected chi connectivity index (χ4v) is 1.24. The summed E-state index contributed by atoms with van der Waals surface area (Å²) in [5, 5.41) is 0. The van der Waals surface area contributed by atoms with Crippen molar-refractivity contribution in [3.63, 3.8) is 0 Å². The normalized spacial score (nSPS) is 13.7. The van der Waals surface area contributed by atoms with Crippen LogP contribution in [0, 0.1) is 5.92 Å². The van der Waals surface area contributed by atoms with Crippen LogP contribution in [0.5, 0.6) is 0 Å². The molecule has 0 aliphatic rings. The molecule has 0 fully saturated rings. The summed E-state index contributed by atoms with van der Waals surface area (Å²) in [6.45, 7) is 4.60. The molecular weight excluding hydrogens is 128 g/mol. The highest BCUT2D eigenvalue weighted by atomic mass is 32.2. The van der Waals surface area contributed by atoms with Crippen LogP contribution in [0.15, 0.2) is 0 Å². The smallest absolute Gasteiger partial charge is 0.00702 e. The molecule has 0 aliphatic carbocycles. The average Bonchev–Trinajstić information content (AvgIpc) is 1.89. The molecule has 9 heavy (non-hydrogen) atoms. The van der Waals surface area contributed by atoms with Crippen LogP contribution >= 0.6 is 11.8 Å². The zero-order valence-corrected chi connectivity index (χ0v) is 7.63. The zero-order valence-electron chi connectivity index (χ0n) is 6.81. The number of hydrogen-bond donors (Lipinski definition) is 0. The minimum atomic E-state index is 0.942. The molecular formula is C8H18S. The van der Waals surface area contributed by atoms with E-state index >= 15 is 0 Å². The van der Waals surface area contributed by atoms with Crippen molar-refractivity contribution in [2.24, 2.45) is 5.92 Å². The second kappa shape index (κ2) is 6.47. The van der Waals surface area contributed by atoms with E-state index in [0.717, 1.165) is 5.92 Å². The molecule has 0 nitrogen and oxygen atoms in total. The predicted molar refractivity (Wildman–Crippen MR) is 47.1 cm³/mol. The lowest BCUT2D eigenvalue weighted by Gasteiger charge is -2.05. The number of rotatable bonds is 5. The highest BCUT2D eigenvalue weighted by Crippen LogP contribution is 2.10. The van der Waals surface area contributed by atoms with Gasteiger partial charge >= 0.3 is 0 Å². The molecule has 0 heterocycles. The van der Waals surface area contributed by atoms with Crippen molar-refractivity contribution >= 4 is 11.8 Å². The van der Waals surface area contributed by atoms with Crippen LogP contribution in [0.4, 0.5) is 0 Å². The van der Waals surface area contributed by atoms with Gasteiger partial charge in [0.2, 0.25) is 0 Å². The van der Waals surface area contributed by atoms with Crippen LogP contribution < -0.4 is 0 Å². The molecule has 0 saturated carbocycles. The van der Waals surface area contributed by atoms with Crippen molar-refractivity contribution in [3.8, 4) is 0 Å². The van der Waals surface area contributed by atoms with E-state index in [0.29, 0.717) is 0 Å². The highest BCUT2D eigenvalue weighted by molar-refractivity contribution is 7.98. The van der Waals surface area contributed by atoms with Crippen LogP contribution in [-0.4, -0.2) is 12.0 Å². The van der Waals surface area contributed by atoms with Crippen LogP contribution in [0.1, 0.15) is 33.1 Å². The van der Waals surface area contributed by atoms with E-state index < -0.39 is 0 Å². The summed E-state index contributed by atoms with van der Waals surface area (Å²) in [6, 6.07) is 0. The molecule has 0 rings (SSSR count). The van der Waals surface area contributed by atoms with Gasteiger partial charge in [-0.05, 0) is 30.8 Å².